The average molecular weight is 233 g/mol. The molecule has 0 aromatic carbocycles. The van der Waals surface area contributed by atoms with Gasteiger partial charge in [-0.05, 0) is 13.0 Å². The predicted octanol–water partition coefficient (Wildman–Crippen LogP) is 1.30. The zero-order chi connectivity index (χ0) is 12.3. The molecule has 90 valence electrons. The Morgan fingerprint density at radius 2 is 2.29 bits per heavy atom. The summed E-state index contributed by atoms with van der Waals surface area (Å²) < 4.78 is 7.13. The molecule has 1 N–H and O–H groups in total. The van der Waals surface area contributed by atoms with E-state index in [-0.39, 0.29) is 0 Å². The molecule has 0 saturated carbocycles. The lowest BCUT2D eigenvalue weighted by Crippen LogP contribution is -2.02. The van der Waals surface area contributed by atoms with E-state index in [0.29, 0.717) is 23.6 Å². The van der Waals surface area contributed by atoms with Crippen LogP contribution in [0.15, 0.2) is 31.0 Å². The van der Waals surface area contributed by atoms with Gasteiger partial charge in [0.15, 0.2) is 0 Å². The Labute approximate surface area is 99.7 Å². The van der Waals surface area contributed by atoms with Crippen molar-refractivity contribution in [1.82, 2.24) is 14.5 Å². The monoisotopic (exact) mass is 233 g/mol. The Kier molecular flexibility index (Phi) is 3.39. The van der Waals surface area contributed by atoms with E-state index in [1.54, 1.807) is 35.6 Å². The molecular formula is C12H15N3O2. The summed E-state index contributed by atoms with van der Waals surface area (Å²) in [6, 6.07) is 1.77. The molecule has 0 radical (unpaired) electrons. The lowest BCUT2D eigenvalue weighted by atomic mass is 10.1. The maximum atomic E-state index is 10.1. The highest BCUT2D eigenvalue weighted by Gasteiger charge is 2.14. The van der Waals surface area contributed by atoms with Crippen molar-refractivity contribution in [1.29, 1.82) is 0 Å². The number of hydrogen-bond acceptors (Lipinski definition) is 4. The average Bonchev–Trinajstić information content (AvgIpc) is 2.76. The minimum Gasteiger partial charge on any atom is -0.492 e. The van der Waals surface area contributed by atoms with Crippen LogP contribution in [0.2, 0.25) is 0 Å². The van der Waals surface area contributed by atoms with Gasteiger partial charge in [0.1, 0.15) is 11.9 Å². The minimum absolute atomic E-state index is 0.574. The number of aliphatic hydroxyl groups is 1. The van der Waals surface area contributed by atoms with Gasteiger partial charge >= 0.3 is 0 Å². The lowest BCUT2D eigenvalue weighted by Gasteiger charge is -2.09. The third kappa shape index (κ3) is 2.62. The number of ether oxygens (including phenoxy) is 1. The first-order valence-corrected chi connectivity index (χ1v) is 5.44. The Hall–Kier alpha value is -1.88. The number of rotatable bonds is 4. The molecule has 0 fully saturated rings. The van der Waals surface area contributed by atoms with E-state index in [0.717, 1.165) is 0 Å². The SMILES string of the molecule is CCOc1cncc(C(O)c2cn(C)cn2)c1. The highest BCUT2D eigenvalue weighted by Crippen LogP contribution is 2.22. The van der Waals surface area contributed by atoms with Crippen LogP contribution in [0.25, 0.3) is 0 Å². The maximum Gasteiger partial charge on any atom is 0.137 e. The Balaban J connectivity index is 2.24. The summed E-state index contributed by atoms with van der Waals surface area (Å²) in [7, 11) is 1.86. The van der Waals surface area contributed by atoms with E-state index in [1.807, 2.05) is 14.0 Å². The largest absolute Gasteiger partial charge is 0.492 e. The first kappa shape index (κ1) is 11.6. The quantitative estimate of drug-likeness (QED) is 0.864. The van der Waals surface area contributed by atoms with Gasteiger partial charge in [-0.25, -0.2) is 4.98 Å². The third-order valence-corrected chi connectivity index (χ3v) is 2.37. The lowest BCUT2D eigenvalue weighted by molar-refractivity contribution is 0.214. The van der Waals surface area contributed by atoms with Gasteiger partial charge in [0.2, 0.25) is 0 Å². The molecule has 2 aromatic rings. The maximum absolute atomic E-state index is 10.1. The second-order valence-corrected chi connectivity index (χ2v) is 3.75. The summed E-state index contributed by atoms with van der Waals surface area (Å²) in [6.07, 6.45) is 5.89. The van der Waals surface area contributed by atoms with Crippen molar-refractivity contribution in [3.05, 3.63) is 42.2 Å². The van der Waals surface area contributed by atoms with E-state index >= 15 is 0 Å². The van der Waals surface area contributed by atoms with Gasteiger partial charge in [-0.3, -0.25) is 4.98 Å². The molecule has 5 nitrogen and oxygen atoms in total. The molecule has 5 heteroatoms. The van der Waals surface area contributed by atoms with Crippen molar-refractivity contribution < 1.29 is 9.84 Å². The fourth-order valence-electron chi connectivity index (χ4n) is 1.58. The molecule has 0 aliphatic heterocycles. The van der Waals surface area contributed by atoms with Crippen molar-refractivity contribution >= 4 is 0 Å². The number of nitrogens with zero attached hydrogens (tertiary/aromatic N) is 3. The van der Waals surface area contributed by atoms with Crippen LogP contribution in [0, 0.1) is 0 Å². The number of aryl methyl sites for hydroxylation is 1. The number of aliphatic hydroxyl groups excluding tert-OH is 1. The molecule has 2 rings (SSSR count). The molecule has 0 saturated heterocycles. The molecule has 2 aromatic heterocycles. The first-order valence-electron chi connectivity index (χ1n) is 5.44. The van der Waals surface area contributed by atoms with Crippen LogP contribution in [0.1, 0.15) is 24.3 Å². The molecule has 0 aliphatic carbocycles. The Morgan fingerprint density at radius 3 is 2.94 bits per heavy atom. The number of aromatic nitrogens is 3. The smallest absolute Gasteiger partial charge is 0.137 e. The molecule has 0 aliphatic rings. The van der Waals surface area contributed by atoms with Gasteiger partial charge in [0, 0.05) is 25.0 Å². The van der Waals surface area contributed by atoms with Crippen LogP contribution in [-0.2, 0) is 7.05 Å². The van der Waals surface area contributed by atoms with Gasteiger partial charge in [-0.1, -0.05) is 0 Å². The van der Waals surface area contributed by atoms with Crippen LogP contribution < -0.4 is 4.74 Å². The van der Waals surface area contributed by atoms with Crippen molar-refractivity contribution in [3.8, 4) is 5.75 Å². The predicted molar refractivity (Wildman–Crippen MR) is 62.7 cm³/mol. The van der Waals surface area contributed by atoms with Crippen LogP contribution >= 0.6 is 0 Å². The number of imidazole rings is 1. The van der Waals surface area contributed by atoms with Gasteiger partial charge in [0.05, 0.1) is 24.8 Å². The van der Waals surface area contributed by atoms with Crippen LogP contribution in [0.3, 0.4) is 0 Å². The van der Waals surface area contributed by atoms with E-state index < -0.39 is 6.10 Å². The second-order valence-electron chi connectivity index (χ2n) is 3.75. The molecule has 1 unspecified atom stereocenters. The standard InChI is InChI=1S/C12H15N3O2/c1-3-17-10-4-9(5-13-6-10)12(16)11-7-15(2)8-14-11/h4-8,12,16H,3H2,1-2H3. The topological polar surface area (TPSA) is 60.2 Å². The zero-order valence-electron chi connectivity index (χ0n) is 9.87. The fraction of sp³-hybridized carbons (Fsp3) is 0.333. The van der Waals surface area contributed by atoms with Crippen molar-refractivity contribution in [2.45, 2.75) is 13.0 Å². The van der Waals surface area contributed by atoms with Crippen molar-refractivity contribution in [2.75, 3.05) is 6.61 Å². The first-order chi connectivity index (χ1) is 8.20. The van der Waals surface area contributed by atoms with E-state index in [4.69, 9.17) is 4.74 Å². The van der Waals surface area contributed by atoms with E-state index in [9.17, 15) is 5.11 Å². The summed E-state index contributed by atoms with van der Waals surface area (Å²) in [5.74, 6) is 0.653. The molecular weight excluding hydrogens is 218 g/mol. The van der Waals surface area contributed by atoms with Crippen LogP contribution in [0.4, 0.5) is 0 Å². The van der Waals surface area contributed by atoms with Crippen LogP contribution in [0.5, 0.6) is 5.75 Å². The normalized spacial score (nSPS) is 12.4. The number of pyridine rings is 1. The van der Waals surface area contributed by atoms with Gasteiger partial charge < -0.3 is 14.4 Å². The molecule has 0 spiro atoms. The van der Waals surface area contributed by atoms with Crippen molar-refractivity contribution in [3.63, 3.8) is 0 Å². The molecule has 0 bridgehead atoms. The molecule has 0 amide bonds. The minimum atomic E-state index is -0.774. The highest BCUT2D eigenvalue weighted by molar-refractivity contribution is 5.29. The Bertz CT molecular complexity index is 496. The summed E-state index contributed by atoms with van der Waals surface area (Å²) in [5.41, 5.74) is 1.28. The highest BCUT2D eigenvalue weighted by atomic mass is 16.5. The van der Waals surface area contributed by atoms with Crippen molar-refractivity contribution in [2.24, 2.45) is 7.05 Å². The van der Waals surface area contributed by atoms with Crippen LogP contribution in [-0.4, -0.2) is 26.2 Å². The third-order valence-electron chi connectivity index (χ3n) is 2.37. The summed E-state index contributed by atoms with van der Waals surface area (Å²) in [6.45, 7) is 2.48. The van der Waals surface area contributed by atoms with E-state index in [2.05, 4.69) is 9.97 Å². The number of hydrogen-bond donors (Lipinski definition) is 1. The molecule has 2 heterocycles. The van der Waals surface area contributed by atoms with Gasteiger partial charge in [-0.15, -0.1) is 0 Å². The van der Waals surface area contributed by atoms with Gasteiger partial charge in [-0.2, -0.15) is 0 Å². The fourth-order valence-corrected chi connectivity index (χ4v) is 1.58. The summed E-state index contributed by atoms with van der Waals surface area (Å²) in [4.78, 5) is 8.15. The van der Waals surface area contributed by atoms with Gasteiger partial charge in [0.25, 0.3) is 0 Å². The summed E-state index contributed by atoms with van der Waals surface area (Å²) in [5, 5.41) is 10.1. The van der Waals surface area contributed by atoms with E-state index in [1.165, 1.54) is 0 Å². The second kappa shape index (κ2) is 4.97. The molecule has 1 atom stereocenters. The molecule has 17 heavy (non-hydrogen) atoms. The zero-order valence-corrected chi connectivity index (χ0v) is 9.87. The Morgan fingerprint density at radius 1 is 1.47 bits per heavy atom. The summed E-state index contributed by atoms with van der Waals surface area (Å²) >= 11 is 0.